The topological polar surface area (TPSA) is 53.5 Å². The van der Waals surface area contributed by atoms with Gasteiger partial charge in [-0.05, 0) is 183 Å². The molecule has 0 saturated heterocycles. The van der Waals surface area contributed by atoms with Gasteiger partial charge >= 0.3 is 0 Å². The lowest BCUT2D eigenvalue weighted by Crippen LogP contribution is -2.16. The Bertz CT molecular complexity index is 6860. The van der Waals surface area contributed by atoms with E-state index in [-0.39, 0.29) is 5.41 Å². The monoisotopic (exact) mass is 1310 g/mol. The van der Waals surface area contributed by atoms with Crippen molar-refractivity contribution in [2.24, 2.45) is 0 Å². The fourth-order valence-corrected chi connectivity index (χ4v) is 19.8. The number of rotatable bonds is 7. The van der Waals surface area contributed by atoms with Gasteiger partial charge in [-0.3, -0.25) is 9.13 Å². The summed E-state index contributed by atoms with van der Waals surface area (Å²) in [6.45, 7) is 4.75. The Hall–Kier alpha value is -11.9. The first-order valence-electron chi connectivity index (χ1n) is 33.7. The molecule has 0 atom stereocenters. The van der Waals surface area contributed by atoms with Crippen LogP contribution in [0.15, 0.2) is 291 Å². The molecule has 0 radical (unpaired) electrons. The zero-order valence-electron chi connectivity index (χ0n) is 53.6. The van der Waals surface area contributed by atoms with Crippen molar-refractivity contribution in [3.8, 4) is 73.5 Å². The highest BCUT2D eigenvalue weighted by molar-refractivity contribution is 7.26. The molecule has 14 aromatic carbocycles. The largest absolute Gasteiger partial charge is 0.309 e. The van der Waals surface area contributed by atoms with Gasteiger partial charge in [0.2, 0.25) is 11.9 Å². The Labute approximate surface area is 579 Å². The summed E-state index contributed by atoms with van der Waals surface area (Å²) in [5, 5.41) is 14.8. The molecule has 7 aromatic heterocycles. The Morgan fingerprint density at radius 2 is 0.556 bits per heavy atom. The van der Waals surface area contributed by atoms with E-state index in [2.05, 4.69) is 319 Å². The van der Waals surface area contributed by atoms with Crippen molar-refractivity contribution < 1.29 is 0 Å². The van der Waals surface area contributed by atoms with E-state index in [1.165, 1.54) is 127 Å². The van der Waals surface area contributed by atoms with E-state index in [0.29, 0.717) is 17.7 Å². The van der Waals surface area contributed by atoms with Crippen molar-refractivity contribution in [3.63, 3.8) is 0 Å². The molecule has 0 aliphatic heterocycles. The van der Waals surface area contributed by atoms with Gasteiger partial charge in [-0.25, -0.2) is 0 Å². The second kappa shape index (κ2) is 20.6. The lowest BCUT2D eigenvalue weighted by atomic mass is 9.82. The molecule has 22 rings (SSSR count). The molecule has 0 saturated carbocycles. The van der Waals surface area contributed by atoms with Gasteiger partial charge in [-0.15, -0.1) is 34.0 Å². The summed E-state index contributed by atoms with van der Waals surface area (Å²) < 4.78 is 14.8. The Morgan fingerprint density at radius 1 is 0.242 bits per heavy atom. The van der Waals surface area contributed by atoms with Gasteiger partial charge in [0.05, 0.1) is 33.1 Å². The van der Waals surface area contributed by atoms with E-state index in [4.69, 9.17) is 15.0 Å². The maximum absolute atomic E-state index is 5.67. The highest BCUT2D eigenvalue weighted by Crippen LogP contribution is 2.52. The first-order valence-corrected chi connectivity index (χ1v) is 36.1. The molecule has 1 aliphatic rings. The third kappa shape index (κ3) is 8.12. The van der Waals surface area contributed by atoms with Crippen molar-refractivity contribution in [3.05, 3.63) is 302 Å². The predicted molar refractivity (Wildman–Crippen MR) is 421 cm³/mol. The SMILES string of the molecule is CC1(C)c2cc(-c3nc(-n4c5ccccc5c5cc(-c6ccc7sc8ccccc8c7c6)ccc54)nc(-n4c5ccccc5c5cc(-c6ccc7sc8ccccc8c7c6)ccc54)n3)ccc2-c2ccc(-n3c4ccccc4c4cc(-c5ccc6sc7ccccc7c6c5)ccc43)cc21. The fraction of sp³-hybridized carbons (Fsp3) is 0.0333. The van der Waals surface area contributed by atoms with Crippen LogP contribution < -0.4 is 0 Å². The molecule has 9 heteroatoms. The molecule has 1 aliphatic carbocycles. The summed E-state index contributed by atoms with van der Waals surface area (Å²) >= 11 is 5.56. The maximum atomic E-state index is 5.67. The second-order valence-corrected chi connectivity index (χ2v) is 30.3. The van der Waals surface area contributed by atoms with Crippen molar-refractivity contribution in [1.29, 1.82) is 0 Å². The number of aromatic nitrogens is 6. The minimum atomic E-state index is -0.386. The zero-order chi connectivity index (χ0) is 64.9. The van der Waals surface area contributed by atoms with Gasteiger partial charge in [0, 0.05) is 110 Å². The summed E-state index contributed by atoms with van der Waals surface area (Å²) in [7, 11) is 0. The highest BCUT2D eigenvalue weighted by Gasteiger charge is 2.37. The van der Waals surface area contributed by atoms with Crippen molar-refractivity contribution in [2.45, 2.75) is 19.3 Å². The Morgan fingerprint density at radius 3 is 0.990 bits per heavy atom. The van der Waals surface area contributed by atoms with Gasteiger partial charge < -0.3 is 4.57 Å². The van der Waals surface area contributed by atoms with E-state index in [1.54, 1.807) is 0 Å². The van der Waals surface area contributed by atoms with Gasteiger partial charge in [-0.2, -0.15) is 15.0 Å². The smallest absolute Gasteiger partial charge is 0.240 e. The van der Waals surface area contributed by atoms with Crippen molar-refractivity contribution in [1.82, 2.24) is 28.7 Å². The third-order valence-corrected chi connectivity index (χ3v) is 24.8. The number of fused-ring (bicyclic) bond motifs is 21. The summed E-state index contributed by atoms with van der Waals surface area (Å²) in [6.07, 6.45) is 0. The lowest BCUT2D eigenvalue weighted by molar-refractivity contribution is 0.660. The van der Waals surface area contributed by atoms with Crippen LogP contribution in [0.2, 0.25) is 0 Å². The van der Waals surface area contributed by atoms with Crippen LogP contribution in [0.5, 0.6) is 0 Å². The van der Waals surface area contributed by atoms with Crippen LogP contribution in [-0.4, -0.2) is 28.7 Å². The van der Waals surface area contributed by atoms with Crippen LogP contribution >= 0.6 is 34.0 Å². The summed E-state index contributed by atoms with van der Waals surface area (Å²) in [5.41, 5.74) is 20.2. The Balaban J connectivity index is 0.697. The Kier molecular flexibility index (Phi) is 11.5. The zero-order valence-corrected chi connectivity index (χ0v) is 56.1. The number of thiophene rings is 3. The molecule has 0 N–H and O–H groups in total. The molecule has 7 heterocycles. The summed E-state index contributed by atoms with van der Waals surface area (Å²) in [4.78, 5) is 17.0. The van der Waals surface area contributed by atoms with Crippen LogP contribution in [0.25, 0.3) is 199 Å². The average molecular weight is 1320 g/mol. The molecule has 0 bridgehead atoms. The number of para-hydroxylation sites is 3. The fourth-order valence-electron chi connectivity index (χ4n) is 16.6. The third-order valence-electron chi connectivity index (χ3n) is 21.3. The van der Waals surface area contributed by atoms with Gasteiger partial charge in [0.15, 0.2) is 5.82 Å². The lowest BCUT2D eigenvalue weighted by Gasteiger charge is -2.23. The molecule has 21 aromatic rings. The van der Waals surface area contributed by atoms with E-state index in [0.717, 1.165) is 66.0 Å². The molecule has 0 amide bonds. The molecule has 0 spiro atoms. The summed E-state index contributed by atoms with van der Waals surface area (Å²) in [6, 6.07) is 108. The highest BCUT2D eigenvalue weighted by atomic mass is 32.1. The molecule has 6 nitrogen and oxygen atoms in total. The van der Waals surface area contributed by atoms with Crippen LogP contribution in [0.4, 0.5) is 0 Å². The minimum Gasteiger partial charge on any atom is -0.309 e. The average Bonchev–Trinajstić information content (AvgIpc) is 1.57. The van der Waals surface area contributed by atoms with E-state index in [1.807, 2.05) is 34.0 Å². The van der Waals surface area contributed by atoms with E-state index in [9.17, 15) is 0 Å². The molecule has 99 heavy (non-hydrogen) atoms. The minimum absolute atomic E-state index is 0.386. The van der Waals surface area contributed by atoms with E-state index >= 15 is 0 Å². The van der Waals surface area contributed by atoms with Gasteiger partial charge in [0.25, 0.3) is 0 Å². The van der Waals surface area contributed by atoms with Crippen molar-refractivity contribution >= 4 is 160 Å². The van der Waals surface area contributed by atoms with Gasteiger partial charge in [0.1, 0.15) is 0 Å². The van der Waals surface area contributed by atoms with Crippen molar-refractivity contribution in [2.75, 3.05) is 0 Å². The predicted octanol–water partition coefficient (Wildman–Crippen LogP) is 25.2. The van der Waals surface area contributed by atoms with Crippen LogP contribution in [0.3, 0.4) is 0 Å². The number of hydrogen-bond acceptors (Lipinski definition) is 6. The standard InChI is InChI=1S/C90H54N6S3/c1-90(2)73-49-57(27-35-59(73)60-36-34-58(50-74(60)90)94-75-21-9-3-15-61(75)67-43-51(28-37-78(67)94)54-31-40-84-70(46-54)64-18-6-12-24-81(64)97-84)87-91-88(95-76-22-10-4-16-62(76)68-44-52(29-38-79(68)95)55-32-41-85-71(47-55)65-19-7-13-25-82(65)98-85)93-89(92-87)96-77-23-11-5-17-63(77)69-45-53(30-39-80(69)96)56-33-42-86-72(48-56)66-20-8-14-26-83(66)99-86/h3-50H,1-2H3. The molecule has 0 fully saturated rings. The molecular weight excluding hydrogens is 1260 g/mol. The number of nitrogens with zero attached hydrogens (tertiary/aromatic N) is 6. The molecular formula is C90H54N6S3. The number of benzene rings is 14. The van der Waals surface area contributed by atoms with Gasteiger partial charge in [-0.1, -0.05) is 178 Å². The quantitative estimate of drug-likeness (QED) is 0.160. The second-order valence-electron chi connectivity index (χ2n) is 27.1. The first-order chi connectivity index (χ1) is 48.8. The summed E-state index contributed by atoms with van der Waals surface area (Å²) in [5.74, 6) is 1.68. The molecule has 462 valence electrons. The van der Waals surface area contributed by atoms with Crippen LogP contribution in [-0.2, 0) is 5.41 Å². The molecule has 0 unspecified atom stereocenters. The van der Waals surface area contributed by atoms with Crippen LogP contribution in [0.1, 0.15) is 25.0 Å². The van der Waals surface area contributed by atoms with Crippen LogP contribution in [0, 0.1) is 0 Å². The van der Waals surface area contributed by atoms with E-state index < -0.39 is 0 Å². The first kappa shape index (κ1) is 55.3. The maximum Gasteiger partial charge on any atom is 0.240 e. The normalized spacial score (nSPS) is 13.0. The number of hydrogen-bond donors (Lipinski definition) is 0.